The fraction of sp³-hybridized carbons (Fsp3) is 0.273. The van der Waals surface area contributed by atoms with Crippen molar-refractivity contribution in [2.75, 3.05) is 7.11 Å². The van der Waals surface area contributed by atoms with E-state index in [9.17, 15) is 14.0 Å². The number of rotatable bonds is 4. The third-order valence-electron chi connectivity index (χ3n) is 4.81. The highest BCUT2D eigenvalue weighted by molar-refractivity contribution is 6.15. The Kier molecular flexibility index (Phi) is 4.90. The zero-order valence-electron chi connectivity index (χ0n) is 14.7. The van der Waals surface area contributed by atoms with Crippen molar-refractivity contribution in [3.05, 3.63) is 53.3 Å². The lowest BCUT2D eigenvalue weighted by molar-refractivity contribution is -0.124. The van der Waals surface area contributed by atoms with Crippen LogP contribution in [0.25, 0.3) is 11.1 Å². The van der Waals surface area contributed by atoms with E-state index in [4.69, 9.17) is 11.2 Å². The van der Waals surface area contributed by atoms with Gasteiger partial charge in [0.2, 0.25) is 0 Å². The summed E-state index contributed by atoms with van der Waals surface area (Å²) in [6.45, 7) is 1.97. The van der Waals surface area contributed by atoms with Crippen LogP contribution in [0.4, 0.5) is 4.39 Å². The van der Waals surface area contributed by atoms with Crippen molar-refractivity contribution in [2.45, 2.75) is 25.7 Å². The highest BCUT2D eigenvalue weighted by Crippen LogP contribution is 2.41. The number of aryl methyl sites for hydroxylation is 1. The second-order valence-corrected chi connectivity index (χ2v) is 6.55. The summed E-state index contributed by atoms with van der Waals surface area (Å²) in [4.78, 5) is 25.0. The van der Waals surface area contributed by atoms with Gasteiger partial charge in [-0.25, -0.2) is 4.39 Å². The van der Waals surface area contributed by atoms with Gasteiger partial charge in [0, 0.05) is 24.3 Å². The maximum atomic E-state index is 14.9. The molecule has 3 rings (SSSR count). The molecule has 2 unspecified atom stereocenters. The summed E-state index contributed by atoms with van der Waals surface area (Å²) in [6.07, 6.45) is 5.51. The summed E-state index contributed by atoms with van der Waals surface area (Å²) in [5.41, 5.74) is 2.56. The monoisotopic (exact) mass is 350 g/mol. The lowest BCUT2D eigenvalue weighted by Crippen LogP contribution is -2.17. The van der Waals surface area contributed by atoms with Gasteiger partial charge in [0.05, 0.1) is 7.11 Å². The van der Waals surface area contributed by atoms with Gasteiger partial charge in [-0.05, 0) is 30.2 Å². The van der Waals surface area contributed by atoms with Crippen LogP contribution in [-0.2, 0) is 9.59 Å². The Balaban J connectivity index is 2.06. The number of hydrogen-bond donors (Lipinski definition) is 0. The third kappa shape index (κ3) is 3.13. The Morgan fingerprint density at radius 1 is 1.19 bits per heavy atom. The van der Waals surface area contributed by atoms with Crippen LogP contribution in [0.1, 0.15) is 29.9 Å². The second-order valence-electron chi connectivity index (χ2n) is 6.55. The Hall–Kier alpha value is -2.93. The summed E-state index contributed by atoms with van der Waals surface area (Å²) in [6, 6.07) is 10.6. The van der Waals surface area contributed by atoms with Crippen LogP contribution in [0.2, 0.25) is 0 Å². The van der Waals surface area contributed by atoms with E-state index in [1.807, 2.05) is 31.2 Å². The molecule has 0 saturated heterocycles. The van der Waals surface area contributed by atoms with Crippen LogP contribution in [0.3, 0.4) is 0 Å². The van der Waals surface area contributed by atoms with Crippen molar-refractivity contribution < 1.29 is 18.7 Å². The zero-order valence-corrected chi connectivity index (χ0v) is 14.7. The highest BCUT2D eigenvalue weighted by atomic mass is 19.1. The molecule has 132 valence electrons. The quantitative estimate of drug-likeness (QED) is 0.617. The first-order valence-corrected chi connectivity index (χ1v) is 8.40. The molecular formula is C22H19FO3. The first-order valence-electron chi connectivity index (χ1n) is 8.40. The Labute approximate surface area is 152 Å². The predicted octanol–water partition coefficient (Wildman–Crippen LogP) is 4.07. The molecule has 0 aromatic heterocycles. The number of carbonyl (C=O) groups is 2. The zero-order chi connectivity index (χ0) is 18.8. The Morgan fingerprint density at radius 3 is 2.50 bits per heavy atom. The van der Waals surface area contributed by atoms with Crippen molar-refractivity contribution >= 4 is 11.6 Å². The number of terminal acetylenes is 1. The minimum Gasteiger partial charge on any atom is -0.496 e. The molecule has 3 nitrogen and oxygen atoms in total. The summed E-state index contributed by atoms with van der Waals surface area (Å²) in [7, 11) is 1.40. The van der Waals surface area contributed by atoms with E-state index >= 15 is 0 Å². The van der Waals surface area contributed by atoms with Gasteiger partial charge in [0.15, 0.2) is 5.78 Å². The molecule has 4 heteroatoms. The fourth-order valence-corrected chi connectivity index (χ4v) is 3.43. The van der Waals surface area contributed by atoms with Gasteiger partial charge in [0.1, 0.15) is 23.3 Å². The van der Waals surface area contributed by atoms with Crippen LogP contribution >= 0.6 is 0 Å². The number of carbonyl (C=O) groups excluding carboxylic acids is 2. The molecule has 0 radical (unpaired) electrons. The van der Waals surface area contributed by atoms with E-state index in [1.54, 1.807) is 6.07 Å². The molecule has 1 fully saturated rings. The van der Waals surface area contributed by atoms with Crippen LogP contribution in [0, 0.1) is 31.0 Å². The molecule has 0 N–H and O–H groups in total. The van der Waals surface area contributed by atoms with Gasteiger partial charge < -0.3 is 4.74 Å². The largest absolute Gasteiger partial charge is 0.496 e. The van der Waals surface area contributed by atoms with E-state index in [1.165, 1.54) is 13.2 Å². The van der Waals surface area contributed by atoms with E-state index < -0.39 is 17.7 Å². The lowest BCUT2D eigenvalue weighted by atomic mass is 9.90. The van der Waals surface area contributed by atoms with Crippen molar-refractivity contribution in [1.82, 2.24) is 0 Å². The topological polar surface area (TPSA) is 43.4 Å². The molecule has 2 aromatic rings. The molecular weight excluding hydrogens is 331 g/mol. The van der Waals surface area contributed by atoms with Crippen molar-refractivity contribution in [3.8, 4) is 29.2 Å². The third-order valence-corrected chi connectivity index (χ3v) is 4.81. The Morgan fingerprint density at radius 2 is 1.88 bits per heavy atom. The molecule has 0 spiro atoms. The standard InChI is InChI=1S/C22H19FO3/c1-4-5-15-11-18(24)21(22(15)25)20-17(23)10-16(12-19(20)26-3)14-8-6-13(2)7-9-14/h1,6-10,12,15,21H,5,11H2,2-3H3. The molecule has 26 heavy (non-hydrogen) atoms. The molecule has 1 aliphatic carbocycles. The molecule has 0 heterocycles. The highest BCUT2D eigenvalue weighted by Gasteiger charge is 2.44. The summed E-state index contributed by atoms with van der Waals surface area (Å²) < 4.78 is 20.3. The number of Topliss-reactive ketones (excluding diaryl/α,β-unsaturated/α-hetero) is 2. The van der Waals surface area contributed by atoms with Gasteiger partial charge >= 0.3 is 0 Å². The fourth-order valence-electron chi connectivity index (χ4n) is 3.43. The molecule has 0 aliphatic heterocycles. The minimum atomic E-state index is -1.14. The number of benzene rings is 2. The predicted molar refractivity (Wildman–Crippen MR) is 97.4 cm³/mol. The number of ketones is 2. The van der Waals surface area contributed by atoms with Gasteiger partial charge in [0.25, 0.3) is 0 Å². The Bertz CT molecular complexity index is 906. The average molecular weight is 350 g/mol. The molecule has 1 aliphatic rings. The normalized spacial score (nSPS) is 19.5. The van der Waals surface area contributed by atoms with Gasteiger partial charge in [-0.2, -0.15) is 0 Å². The van der Waals surface area contributed by atoms with Crippen molar-refractivity contribution in [3.63, 3.8) is 0 Å². The summed E-state index contributed by atoms with van der Waals surface area (Å²) >= 11 is 0. The molecule has 1 saturated carbocycles. The molecule has 2 aromatic carbocycles. The summed E-state index contributed by atoms with van der Waals surface area (Å²) in [5, 5.41) is 0. The number of ether oxygens (including phenoxy) is 1. The molecule has 0 amide bonds. The molecule has 2 atom stereocenters. The van der Waals surface area contributed by atoms with E-state index in [0.717, 1.165) is 11.1 Å². The van der Waals surface area contributed by atoms with Gasteiger partial charge in [-0.15, -0.1) is 12.3 Å². The number of halogens is 1. The van der Waals surface area contributed by atoms with Crippen LogP contribution in [0.15, 0.2) is 36.4 Å². The average Bonchev–Trinajstić information content (AvgIpc) is 2.89. The first-order chi connectivity index (χ1) is 12.5. The number of methoxy groups -OCH3 is 1. The SMILES string of the molecule is C#CCC1CC(=O)C(c2c(F)cc(-c3ccc(C)cc3)cc2OC)C1=O. The van der Waals surface area contributed by atoms with Crippen LogP contribution in [-0.4, -0.2) is 18.7 Å². The maximum Gasteiger partial charge on any atom is 0.152 e. The van der Waals surface area contributed by atoms with Crippen molar-refractivity contribution in [2.24, 2.45) is 5.92 Å². The van der Waals surface area contributed by atoms with E-state index in [0.29, 0.717) is 5.56 Å². The number of hydrogen-bond acceptors (Lipinski definition) is 3. The summed E-state index contributed by atoms with van der Waals surface area (Å²) in [5.74, 6) is -0.324. The maximum absolute atomic E-state index is 14.9. The van der Waals surface area contributed by atoms with Gasteiger partial charge in [-0.1, -0.05) is 29.8 Å². The smallest absolute Gasteiger partial charge is 0.152 e. The van der Waals surface area contributed by atoms with Crippen molar-refractivity contribution in [1.29, 1.82) is 0 Å². The second kappa shape index (κ2) is 7.13. The van der Waals surface area contributed by atoms with E-state index in [-0.39, 0.29) is 35.7 Å². The van der Waals surface area contributed by atoms with Crippen LogP contribution < -0.4 is 4.74 Å². The minimum absolute atomic E-state index is 0.0119. The van der Waals surface area contributed by atoms with E-state index in [2.05, 4.69) is 5.92 Å². The van der Waals surface area contributed by atoms with Gasteiger partial charge in [-0.3, -0.25) is 9.59 Å². The molecule has 0 bridgehead atoms. The van der Waals surface area contributed by atoms with Crippen LogP contribution in [0.5, 0.6) is 5.75 Å². The first kappa shape index (κ1) is 17.9. The lowest BCUT2D eigenvalue weighted by Gasteiger charge is -2.16.